The Morgan fingerprint density at radius 1 is 1.22 bits per heavy atom. The topological polar surface area (TPSA) is 51.2 Å². The normalized spacial score (nSPS) is 10.5. The molecule has 1 aromatic carbocycles. The Bertz CT molecular complexity index is 782. The van der Waals surface area contributed by atoms with E-state index in [4.69, 9.17) is 4.74 Å². The molecule has 0 spiro atoms. The highest BCUT2D eigenvalue weighted by Gasteiger charge is 2.13. The van der Waals surface area contributed by atoms with Crippen molar-refractivity contribution < 1.29 is 9.53 Å². The number of aromatic nitrogens is 1. The SMILES string of the molecule is COc1ccccc1CNC(=O)Cc1scnc1-c1cccs1. The Kier molecular flexibility index (Phi) is 5.05. The van der Waals surface area contributed by atoms with E-state index in [1.54, 1.807) is 24.0 Å². The zero-order chi connectivity index (χ0) is 16.1. The van der Waals surface area contributed by atoms with Crippen LogP contribution < -0.4 is 10.1 Å². The lowest BCUT2D eigenvalue weighted by Gasteiger charge is -2.09. The van der Waals surface area contributed by atoms with Gasteiger partial charge in [-0.15, -0.1) is 22.7 Å². The monoisotopic (exact) mass is 344 g/mol. The number of methoxy groups -OCH3 is 1. The van der Waals surface area contributed by atoms with Gasteiger partial charge in [0.05, 0.1) is 29.6 Å². The second kappa shape index (κ2) is 7.39. The minimum Gasteiger partial charge on any atom is -0.496 e. The van der Waals surface area contributed by atoms with Gasteiger partial charge in [0.25, 0.3) is 0 Å². The van der Waals surface area contributed by atoms with E-state index < -0.39 is 0 Å². The average molecular weight is 344 g/mol. The summed E-state index contributed by atoms with van der Waals surface area (Å²) in [6.07, 6.45) is 0.340. The van der Waals surface area contributed by atoms with Crippen LogP contribution in [-0.2, 0) is 17.8 Å². The number of para-hydroxylation sites is 1. The van der Waals surface area contributed by atoms with E-state index in [2.05, 4.69) is 10.3 Å². The summed E-state index contributed by atoms with van der Waals surface area (Å²) in [5.41, 5.74) is 3.67. The number of nitrogens with zero attached hydrogens (tertiary/aromatic N) is 1. The van der Waals surface area contributed by atoms with E-state index >= 15 is 0 Å². The molecule has 0 bridgehead atoms. The van der Waals surface area contributed by atoms with Crippen LogP contribution in [-0.4, -0.2) is 18.0 Å². The molecular formula is C17H16N2O2S2. The Hall–Kier alpha value is -2.18. The van der Waals surface area contributed by atoms with E-state index in [1.807, 2.05) is 41.8 Å². The first kappa shape index (κ1) is 15.7. The number of amides is 1. The minimum absolute atomic E-state index is 0.0158. The first-order valence-electron chi connectivity index (χ1n) is 7.12. The van der Waals surface area contributed by atoms with Gasteiger partial charge in [-0.1, -0.05) is 24.3 Å². The molecule has 118 valence electrons. The van der Waals surface area contributed by atoms with E-state index in [0.717, 1.165) is 26.8 Å². The van der Waals surface area contributed by atoms with Crippen molar-refractivity contribution in [1.29, 1.82) is 0 Å². The van der Waals surface area contributed by atoms with Gasteiger partial charge in [0.15, 0.2) is 0 Å². The van der Waals surface area contributed by atoms with Crippen molar-refractivity contribution in [3.05, 3.63) is 57.7 Å². The maximum atomic E-state index is 12.2. The number of hydrogen-bond donors (Lipinski definition) is 1. The summed E-state index contributed by atoms with van der Waals surface area (Å²) >= 11 is 3.15. The average Bonchev–Trinajstić information content (AvgIpc) is 3.24. The Morgan fingerprint density at radius 3 is 2.87 bits per heavy atom. The molecule has 23 heavy (non-hydrogen) atoms. The highest BCUT2D eigenvalue weighted by molar-refractivity contribution is 7.14. The van der Waals surface area contributed by atoms with Crippen molar-refractivity contribution in [2.24, 2.45) is 0 Å². The number of carbonyl (C=O) groups is 1. The zero-order valence-corrected chi connectivity index (χ0v) is 14.2. The number of thiophene rings is 1. The molecule has 3 aromatic rings. The third kappa shape index (κ3) is 3.78. The van der Waals surface area contributed by atoms with Crippen LogP contribution in [0.5, 0.6) is 5.75 Å². The predicted octanol–water partition coefficient (Wildman–Crippen LogP) is 3.74. The van der Waals surface area contributed by atoms with Crippen molar-refractivity contribution in [3.63, 3.8) is 0 Å². The van der Waals surface area contributed by atoms with Gasteiger partial charge in [-0.2, -0.15) is 0 Å². The van der Waals surface area contributed by atoms with Gasteiger partial charge in [0.1, 0.15) is 5.75 Å². The molecule has 0 fully saturated rings. The maximum Gasteiger partial charge on any atom is 0.225 e. The first-order valence-corrected chi connectivity index (χ1v) is 8.88. The highest BCUT2D eigenvalue weighted by atomic mass is 32.1. The molecule has 2 heterocycles. The summed E-state index contributed by atoms with van der Waals surface area (Å²) in [6, 6.07) is 11.7. The highest BCUT2D eigenvalue weighted by Crippen LogP contribution is 2.29. The number of hydrogen-bond acceptors (Lipinski definition) is 5. The fourth-order valence-electron chi connectivity index (χ4n) is 2.26. The molecule has 2 aromatic heterocycles. The number of rotatable bonds is 6. The van der Waals surface area contributed by atoms with Crippen LogP contribution in [0.3, 0.4) is 0 Å². The molecule has 0 aliphatic rings. The number of benzene rings is 1. The lowest BCUT2D eigenvalue weighted by Crippen LogP contribution is -2.24. The van der Waals surface area contributed by atoms with Crippen LogP contribution >= 0.6 is 22.7 Å². The van der Waals surface area contributed by atoms with Crippen molar-refractivity contribution in [2.45, 2.75) is 13.0 Å². The number of nitrogens with one attached hydrogen (secondary N) is 1. The van der Waals surface area contributed by atoms with Crippen LogP contribution in [0.2, 0.25) is 0 Å². The summed E-state index contributed by atoms with van der Waals surface area (Å²) in [5, 5.41) is 4.96. The summed E-state index contributed by atoms with van der Waals surface area (Å²) in [6.45, 7) is 0.454. The molecule has 0 atom stereocenters. The summed E-state index contributed by atoms with van der Waals surface area (Å²) in [7, 11) is 1.63. The number of ether oxygens (including phenoxy) is 1. The van der Waals surface area contributed by atoms with Gasteiger partial charge in [-0.05, 0) is 17.5 Å². The fourth-order valence-corrected chi connectivity index (χ4v) is 3.85. The van der Waals surface area contributed by atoms with E-state index in [1.165, 1.54) is 11.3 Å². The Balaban J connectivity index is 1.63. The van der Waals surface area contributed by atoms with Crippen molar-refractivity contribution in [1.82, 2.24) is 10.3 Å². The van der Waals surface area contributed by atoms with Crippen LogP contribution in [0.1, 0.15) is 10.4 Å². The molecule has 1 amide bonds. The second-order valence-electron chi connectivity index (χ2n) is 4.87. The molecule has 0 saturated carbocycles. The molecule has 0 aliphatic heterocycles. The van der Waals surface area contributed by atoms with Crippen molar-refractivity contribution in [3.8, 4) is 16.3 Å². The van der Waals surface area contributed by atoms with Crippen molar-refractivity contribution >= 4 is 28.6 Å². The molecule has 4 nitrogen and oxygen atoms in total. The Labute approximate surface area is 142 Å². The zero-order valence-electron chi connectivity index (χ0n) is 12.6. The van der Waals surface area contributed by atoms with E-state index in [9.17, 15) is 4.79 Å². The minimum atomic E-state index is -0.0158. The van der Waals surface area contributed by atoms with Gasteiger partial charge in [-0.3, -0.25) is 4.79 Å². The summed E-state index contributed by atoms with van der Waals surface area (Å²) in [5.74, 6) is 0.767. The quantitative estimate of drug-likeness (QED) is 0.741. The van der Waals surface area contributed by atoms with Gasteiger partial charge >= 0.3 is 0 Å². The van der Waals surface area contributed by atoms with Crippen LogP contribution in [0.4, 0.5) is 0 Å². The lowest BCUT2D eigenvalue weighted by atomic mass is 10.2. The van der Waals surface area contributed by atoms with Crippen LogP contribution in [0.25, 0.3) is 10.6 Å². The molecule has 6 heteroatoms. The van der Waals surface area contributed by atoms with E-state index in [0.29, 0.717) is 13.0 Å². The van der Waals surface area contributed by atoms with Gasteiger partial charge in [0, 0.05) is 17.0 Å². The summed E-state index contributed by atoms with van der Waals surface area (Å²) in [4.78, 5) is 18.7. The molecule has 3 rings (SSSR count). The molecule has 0 saturated heterocycles. The van der Waals surface area contributed by atoms with Crippen LogP contribution in [0.15, 0.2) is 47.3 Å². The smallest absolute Gasteiger partial charge is 0.225 e. The van der Waals surface area contributed by atoms with Gasteiger partial charge in [0.2, 0.25) is 5.91 Å². The standard InChI is InChI=1S/C17H16N2O2S2/c1-21-13-6-3-2-5-12(13)10-18-16(20)9-15-17(19-11-23-15)14-7-4-8-22-14/h2-8,11H,9-10H2,1H3,(H,18,20). The third-order valence-electron chi connectivity index (χ3n) is 3.39. The van der Waals surface area contributed by atoms with E-state index in [-0.39, 0.29) is 5.91 Å². The largest absolute Gasteiger partial charge is 0.496 e. The molecule has 0 radical (unpaired) electrons. The third-order valence-corrected chi connectivity index (χ3v) is 5.09. The molecule has 1 N–H and O–H groups in total. The Morgan fingerprint density at radius 2 is 2.09 bits per heavy atom. The molecule has 0 unspecified atom stereocenters. The van der Waals surface area contributed by atoms with Crippen LogP contribution in [0, 0.1) is 0 Å². The van der Waals surface area contributed by atoms with Crippen molar-refractivity contribution in [2.75, 3.05) is 7.11 Å². The predicted molar refractivity (Wildman–Crippen MR) is 94.0 cm³/mol. The lowest BCUT2D eigenvalue weighted by molar-refractivity contribution is -0.120. The summed E-state index contributed by atoms with van der Waals surface area (Å²) < 4.78 is 5.29. The molecule has 0 aliphatic carbocycles. The van der Waals surface area contributed by atoms with Gasteiger partial charge in [-0.25, -0.2) is 4.98 Å². The maximum absolute atomic E-state index is 12.2. The molecular weight excluding hydrogens is 328 g/mol. The number of thiazole rings is 1. The van der Waals surface area contributed by atoms with Gasteiger partial charge < -0.3 is 10.1 Å². The fraction of sp³-hybridized carbons (Fsp3) is 0.176. The number of carbonyl (C=O) groups excluding carboxylic acids is 1. The first-order chi connectivity index (χ1) is 11.3. The second-order valence-corrected chi connectivity index (χ2v) is 6.75.